The number of thioether (sulfide) groups is 1. The fourth-order valence-corrected chi connectivity index (χ4v) is 2.72. The van der Waals surface area contributed by atoms with E-state index in [-0.39, 0.29) is 29.9 Å². The molecular formula is C16H19N3O3S. The molecule has 1 unspecified atom stereocenters. The number of nitrogens with one attached hydrogen (secondary N) is 2. The molecule has 0 bridgehead atoms. The minimum atomic E-state index is -0.257. The summed E-state index contributed by atoms with van der Waals surface area (Å²) in [6.07, 6.45) is 0. The summed E-state index contributed by atoms with van der Waals surface area (Å²) in [7, 11) is 1.54. The van der Waals surface area contributed by atoms with E-state index in [9.17, 15) is 9.59 Å². The fourth-order valence-electron chi connectivity index (χ4n) is 2.02. The highest BCUT2D eigenvalue weighted by molar-refractivity contribution is 7.99. The van der Waals surface area contributed by atoms with E-state index in [0.717, 1.165) is 5.56 Å². The first kappa shape index (κ1) is 17.2. The molecule has 0 saturated carbocycles. The van der Waals surface area contributed by atoms with Gasteiger partial charge in [-0.05, 0) is 12.5 Å². The summed E-state index contributed by atoms with van der Waals surface area (Å²) in [5.74, 6) is 0.0578. The van der Waals surface area contributed by atoms with Crippen LogP contribution in [0.5, 0.6) is 0 Å². The number of hydrogen-bond acceptors (Lipinski definition) is 5. The lowest BCUT2D eigenvalue weighted by Gasteiger charge is -2.14. The van der Waals surface area contributed by atoms with Gasteiger partial charge in [-0.3, -0.25) is 9.59 Å². The molecular weight excluding hydrogens is 314 g/mol. The molecule has 0 aliphatic carbocycles. The number of carbonyl (C=O) groups is 1. The average Bonchev–Trinajstić information content (AvgIpc) is 2.53. The maximum Gasteiger partial charge on any atom is 0.251 e. The highest BCUT2D eigenvalue weighted by Crippen LogP contribution is 2.14. The third kappa shape index (κ3) is 5.54. The number of nitrogens with zero attached hydrogens (tertiary/aromatic N) is 1. The normalized spacial score (nSPS) is 11.9. The number of hydrogen-bond donors (Lipinski definition) is 2. The number of amides is 1. The highest BCUT2D eigenvalue weighted by Gasteiger charge is 2.10. The van der Waals surface area contributed by atoms with Crippen LogP contribution in [0.2, 0.25) is 0 Å². The van der Waals surface area contributed by atoms with E-state index in [1.165, 1.54) is 24.9 Å². The van der Waals surface area contributed by atoms with E-state index in [1.807, 2.05) is 37.3 Å². The Balaban J connectivity index is 1.90. The number of aromatic nitrogens is 2. The van der Waals surface area contributed by atoms with Crippen molar-refractivity contribution in [2.75, 3.05) is 12.9 Å². The zero-order valence-electron chi connectivity index (χ0n) is 13.0. The van der Waals surface area contributed by atoms with Gasteiger partial charge in [0.05, 0.1) is 24.1 Å². The lowest BCUT2D eigenvalue weighted by molar-refractivity contribution is -0.119. The molecule has 0 saturated heterocycles. The van der Waals surface area contributed by atoms with Crippen LogP contribution in [0.3, 0.4) is 0 Å². The third-order valence-corrected chi connectivity index (χ3v) is 3.96. The number of H-pyrrole nitrogens is 1. The Morgan fingerprint density at radius 2 is 2.13 bits per heavy atom. The van der Waals surface area contributed by atoms with Crippen molar-refractivity contribution in [1.29, 1.82) is 0 Å². The Kier molecular flexibility index (Phi) is 6.37. The maximum absolute atomic E-state index is 12.0. The zero-order valence-corrected chi connectivity index (χ0v) is 13.9. The Hall–Kier alpha value is -2.12. The summed E-state index contributed by atoms with van der Waals surface area (Å²) in [4.78, 5) is 30.4. The van der Waals surface area contributed by atoms with E-state index < -0.39 is 0 Å². The van der Waals surface area contributed by atoms with E-state index in [4.69, 9.17) is 4.74 Å². The lowest BCUT2D eigenvalue weighted by Crippen LogP contribution is -2.28. The third-order valence-electron chi connectivity index (χ3n) is 3.08. The number of benzene rings is 1. The molecule has 6 nitrogen and oxygen atoms in total. The van der Waals surface area contributed by atoms with Crippen molar-refractivity contribution in [3.63, 3.8) is 0 Å². The second-order valence-corrected chi connectivity index (χ2v) is 5.93. The van der Waals surface area contributed by atoms with Gasteiger partial charge < -0.3 is 15.0 Å². The second-order valence-electron chi connectivity index (χ2n) is 4.96. The second kappa shape index (κ2) is 8.50. The van der Waals surface area contributed by atoms with E-state index in [1.54, 1.807) is 0 Å². The van der Waals surface area contributed by atoms with E-state index in [0.29, 0.717) is 10.9 Å². The molecule has 0 aliphatic heterocycles. The van der Waals surface area contributed by atoms with Crippen LogP contribution in [0.1, 0.15) is 24.2 Å². The molecule has 0 spiro atoms. The first-order valence-corrected chi connectivity index (χ1v) is 8.13. The van der Waals surface area contributed by atoms with Crippen molar-refractivity contribution < 1.29 is 9.53 Å². The van der Waals surface area contributed by atoms with Gasteiger partial charge >= 0.3 is 0 Å². The molecule has 0 aliphatic rings. The van der Waals surface area contributed by atoms with Crippen molar-refractivity contribution in [3.8, 4) is 0 Å². The molecule has 2 N–H and O–H groups in total. The van der Waals surface area contributed by atoms with Crippen LogP contribution >= 0.6 is 11.8 Å². The summed E-state index contributed by atoms with van der Waals surface area (Å²) >= 11 is 1.19. The van der Waals surface area contributed by atoms with Crippen LogP contribution in [0, 0.1) is 0 Å². The number of rotatable bonds is 7. The van der Waals surface area contributed by atoms with Gasteiger partial charge in [-0.25, -0.2) is 4.98 Å². The Morgan fingerprint density at radius 3 is 2.83 bits per heavy atom. The highest BCUT2D eigenvalue weighted by atomic mass is 32.2. The molecule has 122 valence electrons. The summed E-state index contributed by atoms with van der Waals surface area (Å²) in [5, 5.41) is 3.33. The van der Waals surface area contributed by atoms with Gasteiger partial charge in [-0.15, -0.1) is 0 Å². The lowest BCUT2D eigenvalue weighted by atomic mass is 10.1. The zero-order chi connectivity index (χ0) is 16.7. The average molecular weight is 333 g/mol. The molecule has 2 aromatic rings. The van der Waals surface area contributed by atoms with Crippen LogP contribution in [0.15, 0.2) is 46.3 Å². The van der Waals surface area contributed by atoms with Gasteiger partial charge in [0, 0.05) is 13.2 Å². The van der Waals surface area contributed by atoms with Gasteiger partial charge in [0.25, 0.3) is 5.56 Å². The number of carbonyl (C=O) groups excluding carboxylic acids is 1. The summed E-state index contributed by atoms with van der Waals surface area (Å²) < 4.78 is 4.96. The number of aromatic amines is 1. The fraction of sp³-hybridized carbons (Fsp3) is 0.312. The largest absolute Gasteiger partial charge is 0.378 e. The van der Waals surface area contributed by atoms with Gasteiger partial charge in [-0.1, -0.05) is 42.1 Å². The Labute approximate surface area is 138 Å². The summed E-state index contributed by atoms with van der Waals surface area (Å²) in [5.41, 5.74) is 1.32. The van der Waals surface area contributed by atoms with Gasteiger partial charge in [-0.2, -0.15) is 0 Å². The van der Waals surface area contributed by atoms with Crippen molar-refractivity contribution in [1.82, 2.24) is 15.3 Å². The van der Waals surface area contributed by atoms with Crippen LogP contribution in [-0.4, -0.2) is 28.7 Å². The summed E-state index contributed by atoms with van der Waals surface area (Å²) in [6.45, 7) is 2.19. The predicted octanol–water partition coefficient (Wildman–Crippen LogP) is 1.89. The molecule has 0 radical (unpaired) electrons. The maximum atomic E-state index is 12.0. The quantitative estimate of drug-likeness (QED) is 0.597. The molecule has 0 fully saturated rings. The van der Waals surface area contributed by atoms with Crippen LogP contribution in [0.4, 0.5) is 0 Å². The molecule has 2 rings (SSSR count). The van der Waals surface area contributed by atoms with Gasteiger partial charge in [0.15, 0.2) is 5.16 Å². The Morgan fingerprint density at radius 1 is 1.39 bits per heavy atom. The van der Waals surface area contributed by atoms with Crippen molar-refractivity contribution >= 4 is 17.7 Å². The first-order valence-electron chi connectivity index (χ1n) is 7.15. The molecule has 1 aromatic heterocycles. The minimum Gasteiger partial charge on any atom is -0.378 e. The van der Waals surface area contributed by atoms with Crippen LogP contribution in [0.25, 0.3) is 0 Å². The number of methoxy groups -OCH3 is 1. The monoisotopic (exact) mass is 333 g/mol. The first-order chi connectivity index (χ1) is 11.1. The summed E-state index contributed by atoms with van der Waals surface area (Å²) in [6, 6.07) is 11.0. The standard InChI is InChI=1S/C16H19N3O3S/c1-11(12-6-4-3-5-7-12)17-15(21)10-23-16-18-13(9-22-2)8-14(20)19-16/h3-8,11H,9-10H2,1-2H3,(H,17,21)(H,18,19,20). The molecule has 1 aromatic carbocycles. The molecule has 1 atom stereocenters. The SMILES string of the molecule is COCc1cc(=O)[nH]c(SCC(=O)NC(C)c2ccccc2)n1. The van der Waals surface area contributed by atoms with Crippen molar-refractivity contribution in [3.05, 3.63) is 58.0 Å². The molecule has 23 heavy (non-hydrogen) atoms. The van der Waals surface area contributed by atoms with Crippen LogP contribution < -0.4 is 10.9 Å². The smallest absolute Gasteiger partial charge is 0.251 e. The van der Waals surface area contributed by atoms with E-state index in [2.05, 4.69) is 15.3 Å². The molecule has 1 amide bonds. The van der Waals surface area contributed by atoms with Crippen molar-refractivity contribution in [2.24, 2.45) is 0 Å². The van der Waals surface area contributed by atoms with Crippen LogP contribution in [-0.2, 0) is 16.1 Å². The van der Waals surface area contributed by atoms with Crippen molar-refractivity contribution in [2.45, 2.75) is 24.7 Å². The number of ether oxygens (including phenoxy) is 1. The topological polar surface area (TPSA) is 84.1 Å². The predicted molar refractivity (Wildman–Crippen MR) is 89.3 cm³/mol. The van der Waals surface area contributed by atoms with Gasteiger partial charge in [0.2, 0.25) is 5.91 Å². The van der Waals surface area contributed by atoms with Gasteiger partial charge in [0.1, 0.15) is 0 Å². The van der Waals surface area contributed by atoms with E-state index >= 15 is 0 Å². The minimum absolute atomic E-state index is 0.0730. The molecule has 7 heteroatoms. The molecule has 1 heterocycles. The Bertz CT molecular complexity index is 703.